The molecule has 0 bridgehead atoms. The smallest absolute Gasteiger partial charge is 0.193 e. The number of nitrogens with zero attached hydrogens (tertiary/aromatic N) is 2. The minimum atomic E-state index is -0.219. The number of aliphatic hydroxyl groups is 1. The van der Waals surface area contributed by atoms with E-state index < -0.39 is 0 Å². The lowest BCUT2D eigenvalue weighted by atomic mass is 9.99. The lowest BCUT2D eigenvalue weighted by Gasteiger charge is -2.11. The maximum atomic E-state index is 9.28. The van der Waals surface area contributed by atoms with Crippen LogP contribution in [0.1, 0.15) is 26.0 Å². The van der Waals surface area contributed by atoms with Crippen LogP contribution in [-0.4, -0.2) is 20.6 Å². The van der Waals surface area contributed by atoms with Crippen LogP contribution in [0.3, 0.4) is 0 Å². The van der Waals surface area contributed by atoms with Crippen LogP contribution >= 0.6 is 11.3 Å². The summed E-state index contributed by atoms with van der Waals surface area (Å²) in [4.78, 5) is 5.57. The molecule has 0 aromatic carbocycles. The molecule has 0 aliphatic rings. The van der Waals surface area contributed by atoms with Gasteiger partial charge in [0, 0.05) is 17.8 Å². The molecule has 2 atom stereocenters. The summed E-state index contributed by atoms with van der Waals surface area (Å²) in [7, 11) is 0. The minimum Gasteiger partial charge on any atom is -0.393 e. The highest BCUT2D eigenvalue weighted by molar-refractivity contribution is 7.15. The van der Waals surface area contributed by atoms with E-state index in [0.29, 0.717) is 5.92 Å². The monoisotopic (exact) mass is 224 g/mol. The molecule has 2 aromatic heterocycles. The highest BCUT2D eigenvalue weighted by atomic mass is 32.1. The van der Waals surface area contributed by atoms with Crippen LogP contribution < -0.4 is 0 Å². The van der Waals surface area contributed by atoms with Crippen LogP contribution in [0, 0.1) is 5.92 Å². The molecule has 0 amide bonds. The number of aromatic nitrogens is 2. The second-order valence-electron chi connectivity index (χ2n) is 4.22. The second-order valence-corrected chi connectivity index (χ2v) is 5.09. The van der Waals surface area contributed by atoms with E-state index in [4.69, 9.17) is 0 Å². The molecule has 0 saturated heterocycles. The van der Waals surface area contributed by atoms with Gasteiger partial charge in [0.05, 0.1) is 11.8 Å². The average molecular weight is 224 g/mol. The molecule has 0 aliphatic heterocycles. The maximum absolute atomic E-state index is 9.28. The van der Waals surface area contributed by atoms with Crippen molar-refractivity contribution in [2.24, 2.45) is 5.92 Å². The Morgan fingerprint density at radius 3 is 3.00 bits per heavy atom. The number of aliphatic hydroxyl groups excluding tert-OH is 1. The number of imidazole rings is 1. The van der Waals surface area contributed by atoms with Crippen LogP contribution in [0.25, 0.3) is 4.96 Å². The van der Waals surface area contributed by atoms with E-state index in [-0.39, 0.29) is 6.10 Å². The fourth-order valence-electron chi connectivity index (χ4n) is 1.90. The maximum Gasteiger partial charge on any atom is 0.193 e. The third-order valence-corrected chi connectivity index (χ3v) is 3.21. The lowest BCUT2D eigenvalue weighted by molar-refractivity contribution is 0.164. The second kappa shape index (κ2) is 4.33. The van der Waals surface area contributed by atoms with Crippen molar-refractivity contribution in [3.05, 3.63) is 23.5 Å². The van der Waals surface area contributed by atoms with Crippen molar-refractivity contribution >= 4 is 16.3 Å². The largest absolute Gasteiger partial charge is 0.393 e. The predicted octanol–water partition coefficient (Wildman–Crippen LogP) is 2.35. The molecule has 0 radical (unpaired) electrons. The van der Waals surface area contributed by atoms with Crippen LogP contribution in [0.2, 0.25) is 0 Å². The quantitative estimate of drug-likeness (QED) is 0.865. The van der Waals surface area contributed by atoms with Crippen molar-refractivity contribution < 1.29 is 5.11 Å². The summed E-state index contributed by atoms with van der Waals surface area (Å²) < 4.78 is 2.05. The van der Waals surface area contributed by atoms with Gasteiger partial charge in [-0.1, -0.05) is 6.92 Å². The predicted molar refractivity (Wildman–Crippen MR) is 62.2 cm³/mol. The van der Waals surface area contributed by atoms with E-state index in [1.807, 2.05) is 18.5 Å². The van der Waals surface area contributed by atoms with Gasteiger partial charge >= 0.3 is 0 Å². The van der Waals surface area contributed by atoms with Gasteiger partial charge in [-0.05, 0) is 25.7 Å². The van der Waals surface area contributed by atoms with Gasteiger partial charge in [0.15, 0.2) is 4.96 Å². The normalized spacial score (nSPS) is 15.7. The fraction of sp³-hybridized carbons (Fsp3) is 0.545. The third kappa shape index (κ3) is 2.58. The Hall–Kier alpha value is -0.870. The molecule has 15 heavy (non-hydrogen) atoms. The fourth-order valence-corrected chi connectivity index (χ4v) is 2.62. The van der Waals surface area contributed by atoms with Gasteiger partial charge in [-0.3, -0.25) is 4.40 Å². The standard InChI is InChI=1S/C11H16N2OS/c1-8(5-9(2)14)6-10-7-13-3-4-15-11(13)12-10/h3-4,7-9,14H,5-6H2,1-2H3. The Kier molecular flexibility index (Phi) is 3.07. The van der Waals surface area contributed by atoms with Crippen molar-refractivity contribution in [1.29, 1.82) is 0 Å². The van der Waals surface area contributed by atoms with E-state index in [0.717, 1.165) is 23.5 Å². The first-order chi connectivity index (χ1) is 7.15. The van der Waals surface area contributed by atoms with E-state index in [1.54, 1.807) is 11.3 Å². The molecule has 1 N–H and O–H groups in total. The first-order valence-corrected chi connectivity index (χ1v) is 6.12. The summed E-state index contributed by atoms with van der Waals surface area (Å²) in [5, 5.41) is 11.3. The molecule has 0 saturated carbocycles. The van der Waals surface area contributed by atoms with E-state index in [2.05, 4.69) is 22.5 Å². The van der Waals surface area contributed by atoms with Crippen molar-refractivity contribution in [2.75, 3.05) is 0 Å². The zero-order valence-electron chi connectivity index (χ0n) is 9.05. The molecular formula is C11H16N2OS. The van der Waals surface area contributed by atoms with Gasteiger partial charge in [-0.25, -0.2) is 4.98 Å². The van der Waals surface area contributed by atoms with Gasteiger partial charge in [-0.2, -0.15) is 0 Å². The van der Waals surface area contributed by atoms with Gasteiger partial charge in [0.25, 0.3) is 0 Å². The summed E-state index contributed by atoms with van der Waals surface area (Å²) in [6.45, 7) is 3.99. The molecule has 0 aliphatic carbocycles. The zero-order chi connectivity index (χ0) is 10.8. The van der Waals surface area contributed by atoms with E-state index in [1.165, 1.54) is 0 Å². The molecule has 0 fully saturated rings. The SMILES string of the molecule is CC(O)CC(C)Cc1cn2ccsc2n1. The highest BCUT2D eigenvalue weighted by Gasteiger charge is 2.10. The summed E-state index contributed by atoms with van der Waals surface area (Å²) in [5.74, 6) is 0.481. The summed E-state index contributed by atoms with van der Waals surface area (Å²) >= 11 is 1.65. The molecule has 3 nitrogen and oxygen atoms in total. The summed E-state index contributed by atoms with van der Waals surface area (Å²) in [5.41, 5.74) is 1.12. The van der Waals surface area contributed by atoms with Crippen molar-refractivity contribution in [3.63, 3.8) is 0 Å². The van der Waals surface area contributed by atoms with E-state index >= 15 is 0 Å². The number of rotatable bonds is 4. The first-order valence-electron chi connectivity index (χ1n) is 5.24. The van der Waals surface area contributed by atoms with E-state index in [9.17, 15) is 5.11 Å². The Labute approximate surface area is 93.4 Å². The molecule has 2 unspecified atom stereocenters. The topological polar surface area (TPSA) is 37.5 Å². The number of fused-ring (bicyclic) bond motifs is 1. The van der Waals surface area contributed by atoms with Crippen LogP contribution in [0.15, 0.2) is 17.8 Å². The van der Waals surface area contributed by atoms with Gasteiger partial charge in [0.1, 0.15) is 0 Å². The minimum absolute atomic E-state index is 0.219. The van der Waals surface area contributed by atoms with Gasteiger partial charge < -0.3 is 5.11 Å². The molecule has 2 heterocycles. The molecule has 0 spiro atoms. The zero-order valence-corrected chi connectivity index (χ0v) is 9.87. The number of thiazole rings is 1. The van der Waals surface area contributed by atoms with Crippen LogP contribution in [0.5, 0.6) is 0 Å². The Balaban J connectivity index is 2.02. The summed E-state index contributed by atoms with van der Waals surface area (Å²) in [6, 6.07) is 0. The van der Waals surface area contributed by atoms with Gasteiger partial charge in [0.2, 0.25) is 0 Å². The third-order valence-electron chi connectivity index (χ3n) is 2.44. The Morgan fingerprint density at radius 2 is 2.33 bits per heavy atom. The molecule has 2 rings (SSSR count). The lowest BCUT2D eigenvalue weighted by Crippen LogP contribution is -2.09. The van der Waals surface area contributed by atoms with Crippen LogP contribution in [0.4, 0.5) is 0 Å². The molecule has 2 aromatic rings. The summed E-state index contributed by atoms with van der Waals surface area (Å²) in [6.07, 6.45) is 5.66. The first kappa shape index (κ1) is 10.6. The molecule has 82 valence electrons. The molecular weight excluding hydrogens is 208 g/mol. The van der Waals surface area contributed by atoms with Crippen LogP contribution in [-0.2, 0) is 6.42 Å². The highest BCUT2D eigenvalue weighted by Crippen LogP contribution is 2.16. The van der Waals surface area contributed by atoms with Crippen molar-refractivity contribution in [1.82, 2.24) is 9.38 Å². The molecule has 4 heteroatoms. The average Bonchev–Trinajstić information content (AvgIpc) is 2.60. The van der Waals surface area contributed by atoms with Gasteiger partial charge in [-0.15, -0.1) is 11.3 Å². The Bertz CT molecular complexity index is 404. The Morgan fingerprint density at radius 1 is 1.53 bits per heavy atom. The van der Waals surface area contributed by atoms with Crippen molar-refractivity contribution in [2.45, 2.75) is 32.8 Å². The number of hydrogen-bond donors (Lipinski definition) is 1. The van der Waals surface area contributed by atoms with Crippen molar-refractivity contribution in [3.8, 4) is 0 Å². The number of hydrogen-bond acceptors (Lipinski definition) is 3.